The maximum Gasteiger partial charge on any atom is 0.345 e. The predicted octanol–water partition coefficient (Wildman–Crippen LogP) is 4.52. The second kappa shape index (κ2) is 8.75. The number of amides is 1. The molecule has 0 atom stereocenters. The molecule has 1 aliphatic rings. The molecule has 0 saturated heterocycles. The highest BCUT2D eigenvalue weighted by Crippen LogP contribution is 2.30. The summed E-state index contributed by atoms with van der Waals surface area (Å²) in [6, 6.07) is 24.7. The first-order valence-corrected chi connectivity index (χ1v) is 11.2. The van der Waals surface area contributed by atoms with E-state index >= 15 is 0 Å². The average molecular weight is 452 g/mol. The summed E-state index contributed by atoms with van der Waals surface area (Å²) in [5.74, 6) is -0.611. The van der Waals surface area contributed by atoms with Gasteiger partial charge in [-0.25, -0.2) is 4.31 Å². The van der Waals surface area contributed by atoms with Crippen LogP contribution in [0.15, 0.2) is 95.4 Å². The summed E-state index contributed by atoms with van der Waals surface area (Å²) in [5, 5.41) is 3.20. The lowest BCUT2D eigenvalue weighted by atomic mass is 10.1. The lowest BCUT2D eigenvalue weighted by Gasteiger charge is -2.28. The van der Waals surface area contributed by atoms with E-state index in [2.05, 4.69) is 9.71 Å². The fourth-order valence-corrected chi connectivity index (χ4v) is 4.44. The van der Waals surface area contributed by atoms with Crippen LogP contribution < -0.4 is 5.32 Å². The van der Waals surface area contributed by atoms with Gasteiger partial charge >= 0.3 is 10.2 Å². The molecule has 0 radical (unpaired) electrons. The van der Waals surface area contributed by atoms with Crippen molar-refractivity contribution in [3.8, 4) is 0 Å². The van der Waals surface area contributed by atoms with Crippen LogP contribution in [0.25, 0.3) is 5.70 Å². The Bertz CT molecular complexity index is 1260. The van der Waals surface area contributed by atoms with Gasteiger partial charge in [-0.3, -0.25) is 4.79 Å². The molecule has 4 rings (SSSR count). The van der Waals surface area contributed by atoms with Gasteiger partial charge in [-0.15, -0.1) is 4.40 Å². The predicted molar refractivity (Wildman–Crippen MR) is 123 cm³/mol. The summed E-state index contributed by atoms with van der Waals surface area (Å²) in [6.07, 6.45) is 1.48. The third-order valence-electron chi connectivity index (χ3n) is 4.61. The van der Waals surface area contributed by atoms with Crippen molar-refractivity contribution in [3.05, 3.63) is 107 Å². The molecule has 156 valence electrons. The van der Waals surface area contributed by atoms with Crippen LogP contribution in [0, 0.1) is 0 Å². The first kappa shape index (κ1) is 20.8. The fourth-order valence-electron chi connectivity index (χ4n) is 3.11. The zero-order valence-electron chi connectivity index (χ0n) is 16.3. The second-order valence-corrected chi connectivity index (χ2v) is 8.76. The Labute approximate surface area is 185 Å². The molecule has 0 aliphatic carbocycles. The van der Waals surface area contributed by atoms with Gasteiger partial charge in [0, 0.05) is 10.7 Å². The molecular weight excluding hydrogens is 434 g/mol. The van der Waals surface area contributed by atoms with Crippen LogP contribution in [0.5, 0.6) is 0 Å². The third kappa shape index (κ3) is 4.84. The molecule has 0 unspecified atom stereocenters. The van der Waals surface area contributed by atoms with Gasteiger partial charge in [-0.1, -0.05) is 72.3 Å². The van der Waals surface area contributed by atoms with Crippen molar-refractivity contribution < 1.29 is 13.2 Å². The number of nitrogens with zero attached hydrogens (tertiary/aromatic N) is 2. The standard InChI is InChI=1S/C23H18ClN3O3S/c24-19-13-11-18(12-14-19)22-15-21(23(28)25-20-9-5-2-6-10-20)26-31(29,30)27(22)16-17-7-3-1-4-8-17/h1-15H,16H2,(H,25,28). The van der Waals surface area contributed by atoms with Crippen LogP contribution in [0.2, 0.25) is 5.02 Å². The summed E-state index contributed by atoms with van der Waals surface area (Å²) < 4.78 is 31.2. The molecule has 1 aliphatic heterocycles. The number of para-hydroxylation sites is 1. The van der Waals surface area contributed by atoms with E-state index in [1.54, 1.807) is 48.5 Å². The first-order valence-electron chi connectivity index (χ1n) is 9.43. The van der Waals surface area contributed by atoms with Crippen LogP contribution in [-0.2, 0) is 21.5 Å². The van der Waals surface area contributed by atoms with Gasteiger partial charge in [0.1, 0.15) is 5.71 Å². The number of carbonyl (C=O) groups excluding carboxylic acids is 1. The van der Waals surface area contributed by atoms with Crippen LogP contribution >= 0.6 is 11.6 Å². The minimum absolute atomic E-state index is 0.0781. The van der Waals surface area contributed by atoms with Crippen LogP contribution in [0.1, 0.15) is 11.1 Å². The Hall–Kier alpha value is -3.42. The minimum atomic E-state index is -4.16. The van der Waals surface area contributed by atoms with Crippen LogP contribution in [0.3, 0.4) is 0 Å². The monoisotopic (exact) mass is 451 g/mol. The maximum absolute atomic E-state index is 13.1. The number of rotatable bonds is 5. The van der Waals surface area contributed by atoms with Gasteiger partial charge in [0.05, 0.1) is 12.2 Å². The van der Waals surface area contributed by atoms with Crippen molar-refractivity contribution in [1.29, 1.82) is 0 Å². The van der Waals surface area contributed by atoms with Gasteiger partial charge in [0.15, 0.2) is 0 Å². The summed E-state index contributed by atoms with van der Waals surface area (Å²) in [7, 11) is -4.16. The molecule has 0 saturated carbocycles. The normalized spacial score (nSPS) is 15.1. The van der Waals surface area contributed by atoms with E-state index in [-0.39, 0.29) is 12.3 Å². The summed E-state index contributed by atoms with van der Waals surface area (Å²) in [4.78, 5) is 12.8. The zero-order valence-corrected chi connectivity index (χ0v) is 17.8. The van der Waals surface area contributed by atoms with Crippen LogP contribution in [-0.4, -0.2) is 24.3 Å². The number of carbonyl (C=O) groups is 1. The molecule has 31 heavy (non-hydrogen) atoms. The molecule has 0 spiro atoms. The van der Waals surface area contributed by atoms with Crippen molar-refractivity contribution in [2.45, 2.75) is 6.54 Å². The van der Waals surface area contributed by atoms with Crippen molar-refractivity contribution in [2.75, 3.05) is 5.32 Å². The van der Waals surface area contributed by atoms with E-state index < -0.39 is 16.1 Å². The lowest BCUT2D eigenvalue weighted by molar-refractivity contribution is -0.110. The number of benzene rings is 3. The topological polar surface area (TPSA) is 78.8 Å². The van der Waals surface area contributed by atoms with Crippen LogP contribution in [0.4, 0.5) is 5.69 Å². The van der Waals surface area contributed by atoms with E-state index in [4.69, 9.17) is 11.6 Å². The largest absolute Gasteiger partial charge is 0.345 e. The Morgan fingerprint density at radius 3 is 2.16 bits per heavy atom. The lowest BCUT2D eigenvalue weighted by Crippen LogP contribution is -2.35. The molecular formula is C23H18ClN3O3S. The number of nitrogens with one attached hydrogen (secondary N) is 1. The first-order chi connectivity index (χ1) is 14.9. The zero-order chi connectivity index (χ0) is 21.8. The molecule has 1 amide bonds. The number of halogens is 1. The van der Waals surface area contributed by atoms with E-state index in [1.165, 1.54) is 10.4 Å². The van der Waals surface area contributed by atoms with Crippen molar-refractivity contribution in [1.82, 2.24) is 4.31 Å². The summed E-state index contributed by atoms with van der Waals surface area (Å²) in [5.41, 5.74) is 2.08. The van der Waals surface area contributed by atoms with Gasteiger partial charge < -0.3 is 5.32 Å². The fraction of sp³-hybridized carbons (Fsp3) is 0.0435. The van der Waals surface area contributed by atoms with E-state index in [1.807, 2.05) is 36.4 Å². The smallest absolute Gasteiger partial charge is 0.321 e. The quantitative estimate of drug-likeness (QED) is 0.619. The highest BCUT2D eigenvalue weighted by Gasteiger charge is 2.32. The maximum atomic E-state index is 13.1. The Morgan fingerprint density at radius 1 is 0.903 bits per heavy atom. The number of hydrogen-bond donors (Lipinski definition) is 1. The molecule has 0 aromatic heterocycles. The summed E-state index contributed by atoms with van der Waals surface area (Å²) in [6.45, 7) is 0.0781. The highest BCUT2D eigenvalue weighted by molar-refractivity contribution is 7.88. The van der Waals surface area contributed by atoms with E-state index in [9.17, 15) is 13.2 Å². The van der Waals surface area contributed by atoms with Gasteiger partial charge in [0.25, 0.3) is 5.91 Å². The Balaban J connectivity index is 1.74. The molecule has 0 fully saturated rings. The van der Waals surface area contributed by atoms with Crippen molar-refractivity contribution in [2.24, 2.45) is 4.40 Å². The number of anilines is 1. The SMILES string of the molecule is O=C(Nc1ccccc1)C1=NS(=O)(=O)N(Cc2ccccc2)C(c2ccc(Cl)cc2)=C1. The Kier molecular flexibility index (Phi) is 5.88. The van der Waals surface area contributed by atoms with E-state index in [0.29, 0.717) is 22.0 Å². The minimum Gasteiger partial charge on any atom is -0.321 e. The van der Waals surface area contributed by atoms with Crippen molar-refractivity contribution in [3.63, 3.8) is 0 Å². The molecule has 1 heterocycles. The molecule has 6 nitrogen and oxygen atoms in total. The molecule has 3 aromatic carbocycles. The van der Waals surface area contributed by atoms with Gasteiger partial charge in [-0.2, -0.15) is 8.42 Å². The number of hydrogen-bond acceptors (Lipinski definition) is 3. The highest BCUT2D eigenvalue weighted by atomic mass is 35.5. The average Bonchev–Trinajstić information content (AvgIpc) is 2.77. The third-order valence-corrected chi connectivity index (χ3v) is 6.17. The molecule has 3 aromatic rings. The van der Waals surface area contributed by atoms with E-state index in [0.717, 1.165) is 5.56 Å². The van der Waals surface area contributed by atoms with Gasteiger partial charge in [0.2, 0.25) is 0 Å². The van der Waals surface area contributed by atoms with Gasteiger partial charge in [-0.05, 0) is 41.5 Å². The molecule has 0 bridgehead atoms. The van der Waals surface area contributed by atoms with Crippen molar-refractivity contribution >= 4 is 44.8 Å². The second-order valence-electron chi connectivity index (χ2n) is 6.80. The molecule has 1 N–H and O–H groups in total. The summed E-state index contributed by atoms with van der Waals surface area (Å²) >= 11 is 6.00. The Morgan fingerprint density at radius 2 is 1.52 bits per heavy atom. The molecule has 8 heteroatoms.